The summed E-state index contributed by atoms with van der Waals surface area (Å²) in [6.07, 6.45) is 1.32. The van der Waals surface area contributed by atoms with E-state index in [0.717, 1.165) is 16.1 Å². The highest BCUT2D eigenvalue weighted by Gasteiger charge is 2.30. The van der Waals surface area contributed by atoms with Gasteiger partial charge in [-0.05, 0) is 23.8 Å². The molecule has 2 aromatic carbocycles. The number of hydrogen-bond donors (Lipinski definition) is 1. The molecule has 0 aliphatic carbocycles. The number of anilines is 1. The predicted molar refractivity (Wildman–Crippen MR) is 110 cm³/mol. The molecule has 2 aromatic rings. The van der Waals surface area contributed by atoms with Crippen LogP contribution in [-0.4, -0.2) is 45.4 Å². The monoisotopic (exact) mass is 398 g/mol. The smallest absolute Gasteiger partial charge is 0.265 e. The van der Waals surface area contributed by atoms with Crippen LogP contribution in [0.15, 0.2) is 64.4 Å². The lowest BCUT2D eigenvalue weighted by Crippen LogP contribution is -2.44. The van der Waals surface area contributed by atoms with Crippen LogP contribution < -0.4 is 10.2 Å². The van der Waals surface area contributed by atoms with Crippen LogP contribution in [0.1, 0.15) is 5.56 Å². The van der Waals surface area contributed by atoms with Crippen LogP contribution in [0, 0.1) is 0 Å². The van der Waals surface area contributed by atoms with E-state index >= 15 is 0 Å². The third-order valence-corrected chi connectivity index (χ3v) is 5.30. The van der Waals surface area contributed by atoms with Crippen LogP contribution >= 0.6 is 11.8 Å². The van der Waals surface area contributed by atoms with Crippen molar-refractivity contribution in [2.75, 3.05) is 32.2 Å². The number of thioether (sulfide) groups is 1. The van der Waals surface area contributed by atoms with E-state index in [0.29, 0.717) is 4.91 Å². The van der Waals surface area contributed by atoms with Crippen molar-refractivity contribution >= 4 is 35.3 Å². The van der Waals surface area contributed by atoms with Gasteiger partial charge in [-0.1, -0.05) is 54.2 Å². The Bertz CT molecular complexity index is 866. The minimum atomic E-state index is -0.530. The molecule has 0 radical (unpaired) electrons. The Kier molecular flexibility index (Phi) is 6.86. The molecule has 0 spiro atoms. The van der Waals surface area contributed by atoms with Crippen LogP contribution in [0.5, 0.6) is 0 Å². The Hall–Kier alpha value is -2.61. The van der Waals surface area contributed by atoms with Crippen molar-refractivity contribution in [2.24, 2.45) is 0 Å². The van der Waals surface area contributed by atoms with Gasteiger partial charge in [0.15, 0.2) is 6.29 Å². The molecule has 0 saturated heterocycles. The highest BCUT2D eigenvalue weighted by Crippen LogP contribution is 2.41. The van der Waals surface area contributed by atoms with Crippen molar-refractivity contribution in [3.05, 3.63) is 65.1 Å². The second-order valence-corrected chi connectivity index (χ2v) is 7.17. The molecule has 1 aliphatic heterocycles. The molecule has 7 heteroatoms. The molecule has 28 heavy (non-hydrogen) atoms. The number of rotatable bonds is 7. The van der Waals surface area contributed by atoms with Gasteiger partial charge in [-0.3, -0.25) is 14.5 Å². The largest absolute Gasteiger partial charge is 0.354 e. The van der Waals surface area contributed by atoms with Gasteiger partial charge in [0, 0.05) is 19.1 Å². The maximum atomic E-state index is 13.1. The summed E-state index contributed by atoms with van der Waals surface area (Å²) in [6, 6.07) is 17.2. The molecule has 6 nitrogen and oxygen atoms in total. The lowest BCUT2D eigenvalue weighted by atomic mass is 10.2. The van der Waals surface area contributed by atoms with E-state index in [4.69, 9.17) is 9.47 Å². The van der Waals surface area contributed by atoms with Gasteiger partial charge < -0.3 is 14.8 Å². The first-order chi connectivity index (χ1) is 13.6. The van der Waals surface area contributed by atoms with E-state index in [1.807, 2.05) is 60.7 Å². The van der Waals surface area contributed by atoms with Crippen LogP contribution in [0.25, 0.3) is 6.08 Å². The summed E-state index contributed by atoms with van der Waals surface area (Å²) in [6.45, 7) is 0.125. The summed E-state index contributed by atoms with van der Waals surface area (Å²) >= 11 is 1.41. The Morgan fingerprint density at radius 3 is 2.50 bits per heavy atom. The summed E-state index contributed by atoms with van der Waals surface area (Å²) in [5, 5.41) is 2.74. The first-order valence-corrected chi connectivity index (χ1v) is 9.62. The minimum absolute atomic E-state index is 0.0807. The van der Waals surface area contributed by atoms with Gasteiger partial charge in [-0.2, -0.15) is 0 Å². The van der Waals surface area contributed by atoms with E-state index in [2.05, 4.69) is 5.32 Å². The zero-order valence-electron chi connectivity index (χ0n) is 15.8. The zero-order chi connectivity index (χ0) is 19.9. The first-order valence-electron chi connectivity index (χ1n) is 8.80. The Morgan fingerprint density at radius 2 is 1.79 bits per heavy atom. The van der Waals surface area contributed by atoms with Gasteiger partial charge in [0.25, 0.3) is 5.91 Å². The molecule has 0 bridgehead atoms. The van der Waals surface area contributed by atoms with Gasteiger partial charge in [0.2, 0.25) is 5.91 Å². The summed E-state index contributed by atoms with van der Waals surface area (Å²) < 4.78 is 10.1. The highest BCUT2D eigenvalue weighted by atomic mass is 32.2. The summed E-state index contributed by atoms with van der Waals surface area (Å²) in [5.74, 6) is -0.481. The van der Waals surface area contributed by atoms with E-state index in [9.17, 15) is 9.59 Å². The normalized spacial score (nSPS) is 15.0. The molecule has 146 valence electrons. The van der Waals surface area contributed by atoms with Crippen LogP contribution in [-0.2, 0) is 19.1 Å². The SMILES string of the molecule is COC(CNC(=O)CN1C(=O)/C(=C/c2ccccc2)Sc2ccccc21)OC. The van der Waals surface area contributed by atoms with Crippen molar-refractivity contribution in [1.29, 1.82) is 0 Å². The average Bonchev–Trinajstić information content (AvgIpc) is 2.72. The number of carbonyl (C=O) groups is 2. The van der Waals surface area contributed by atoms with E-state index in [-0.39, 0.29) is 24.9 Å². The molecular formula is C21H22N2O4S. The van der Waals surface area contributed by atoms with Gasteiger partial charge >= 0.3 is 0 Å². The maximum Gasteiger partial charge on any atom is 0.265 e. The van der Waals surface area contributed by atoms with E-state index in [1.54, 1.807) is 0 Å². The first kappa shape index (κ1) is 20.1. The molecule has 2 amide bonds. The molecule has 3 rings (SSSR count). The number of nitrogens with one attached hydrogen (secondary N) is 1. The average molecular weight is 398 g/mol. The fourth-order valence-corrected chi connectivity index (χ4v) is 3.84. The van der Waals surface area contributed by atoms with Crippen LogP contribution in [0.3, 0.4) is 0 Å². The molecule has 0 saturated carbocycles. The molecule has 0 atom stereocenters. The minimum Gasteiger partial charge on any atom is -0.354 e. The number of hydrogen-bond acceptors (Lipinski definition) is 5. The number of benzene rings is 2. The zero-order valence-corrected chi connectivity index (χ0v) is 16.6. The number of carbonyl (C=O) groups excluding carboxylic acids is 2. The maximum absolute atomic E-state index is 13.1. The summed E-state index contributed by atoms with van der Waals surface area (Å²) in [4.78, 5) is 28.5. The van der Waals surface area contributed by atoms with Gasteiger partial charge in [0.1, 0.15) is 6.54 Å². The summed E-state index contributed by atoms with van der Waals surface area (Å²) in [7, 11) is 3.01. The van der Waals surface area contributed by atoms with Crippen molar-refractivity contribution in [2.45, 2.75) is 11.2 Å². The highest BCUT2D eigenvalue weighted by molar-refractivity contribution is 8.04. The fourth-order valence-electron chi connectivity index (χ4n) is 2.78. The predicted octanol–water partition coefficient (Wildman–Crippen LogP) is 2.90. The number of amides is 2. The summed E-state index contributed by atoms with van der Waals surface area (Å²) in [5.41, 5.74) is 1.66. The van der Waals surface area contributed by atoms with E-state index < -0.39 is 6.29 Å². The number of para-hydroxylation sites is 1. The van der Waals surface area contributed by atoms with Gasteiger partial charge in [0.05, 0.1) is 17.1 Å². The molecule has 1 N–H and O–H groups in total. The lowest BCUT2D eigenvalue weighted by molar-refractivity contribution is -0.127. The lowest BCUT2D eigenvalue weighted by Gasteiger charge is -2.30. The fraction of sp³-hybridized carbons (Fsp3) is 0.238. The third kappa shape index (κ3) is 4.81. The van der Waals surface area contributed by atoms with Gasteiger partial charge in [-0.15, -0.1) is 0 Å². The topological polar surface area (TPSA) is 67.9 Å². The van der Waals surface area contributed by atoms with Crippen molar-refractivity contribution in [3.8, 4) is 0 Å². The number of methoxy groups -OCH3 is 2. The second kappa shape index (κ2) is 9.54. The van der Waals surface area contributed by atoms with Crippen molar-refractivity contribution < 1.29 is 19.1 Å². The molecule has 1 heterocycles. The molecule has 0 fully saturated rings. The van der Waals surface area contributed by atoms with Crippen molar-refractivity contribution in [3.63, 3.8) is 0 Å². The van der Waals surface area contributed by atoms with E-state index in [1.165, 1.54) is 30.9 Å². The van der Waals surface area contributed by atoms with Crippen LogP contribution in [0.4, 0.5) is 5.69 Å². The molecule has 0 aromatic heterocycles. The molecule has 1 aliphatic rings. The Balaban J connectivity index is 1.81. The Morgan fingerprint density at radius 1 is 1.11 bits per heavy atom. The van der Waals surface area contributed by atoms with Crippen molar-refractivity contribution in [1.82, 2.24) is 5.32 Å². The van der Waals surface area contributed by atoms with Gasteiger partial charge in [-0.25, -0.2) is 0 Å². The number of ether oxygens (including phenoxy) is 2. The third-order valence-electron chi connectivity index (χ3n) is 4.22. The number of fused-ring (bicyclic) bond motifs is 1. The quantitative estimate of drug-likeness (QED) is 0.574. The second-order valence-electron chi connectivity index (χ2n) is 6.09. The standard InChI is InChI=1S/C21H22N2O4S/c1-26-20(27-2)13-22-19(24)14-23-16-10-6-7-11-17(16)28-18(21(23)25)12-15-8-4-3-5-9-15/h3-12,20H,13-14H2,1-2H3,(H,22,24)/b18-12-. The number of nitrogens with zero attached hydrogens (tertiary/aromatic N) is 1. The molecule has 0 unspecified atom stereocenters. The Labute approximate surface area is 168 Å². The van der Waals surface area contributed by atoms with Crippen LogP contribution in [0.2, 0.25) is 0 Å². The molecular weight excluding hydrogens is 376 g/mol.